The van der Waals surface area contributed by atoms with Gasteiger partial charge in [-0.25, -0.2) is 8.42 Å². The van der Waals surface area contributed by atoms with E-state index in [4.69, 9.17) is 5.73 Å². The van der Waals surface area contributed by atoms with Gasteiger partial charge in [-0.1, -0.05) is 6.07 Å². The summed E-state index contributed by atoms with van der Waals surface area (Å²) < 4.78 is 28.1. The van der Waals surface area contributed by atoms with Crippen LogP contribution in [0.2, 0.25) is 0 Å². The molecule has 0 spiro atoms. The van der Waals surface area contributed by atoms with Crippen molar-refractivity contribution in [3.8, 4) is 0 Å². The molecule has 7 heteroatoms. The topological polar surface area (TPSA) is 92.5 Å². The highest BCUT2D eigenvalue weighted by molar-refractivity contribution is 7.89. The summed E-state index contributed by atoms with van der Waals surface area (Å²) in [6.07, 6.45) is 1.05. The van der Waals surface area contributed by atoms with Crippen molar-refractivity contribution in [1.29, 1.82) is 0 Å². The Kier molecular flexibility index (Phi) is 6.39. The minimum absolute atomic E-state index is 0.0377. The lowest BCUT2D eigenvalue weighted by atomic mass is 9.96. The Morgan fingerprint density at radius 1 is 1.15 bits per heavy atom. The van der Waals surface area contributed by atoms with Crippen LogP contribution >= 0.6 is 0 Å². The SMILES string of the molecule is Cc1cc(C)c(C)c(S(=O)(=O)N2CCC(C(=O)NCC(C)(C)N)CC2)c1C. The predicted molar refractivity (Wildman–Crippen MR) is 108 cm³/mol. The summed E-state index contributed by atoms with van der Waals surface area (Å²) in [4.78, 5) is 12.8. The first-order valence-electron chi connectivity index (χ1n) is 9.48. The molecule has 1 heterocycles. The fourth-order valence-corrected chi connectivity index (χ4v) is 5.56. The Bertz CT molecular complexity index is 792. The fraction of sp³-hybridized carbons (Fsp3) is 0.650. The van der Waals surface area contributed by atoms with Crippen molar-refractivity contribution in [2.45, 2.75) is 64.8 Å². The molecule has 152 valence electrons. The van der Waals surface area contributed by atoms with Gasteiger partial charge in [-0.05, 0) is 76.6 Å². The quantitative estimate of drug-likeness (QED) is 0.799. The van der Waals surface area contributed by atoms with Crippen LogP contribution in [0.25, 0.3) is 0 Å². The summed E-state index contributed by atoms with van der Waals surface area (Å²) >= 11 is 0. The van der Waals surface area contributed by atoms with Crippen molar-refractivity contribution in [2.24, 2.45) is 11.7 Å². The van der Waals surface area contributed by atoms with Crippen molar-refractivity contribution in [1.82, 2.24) is 9.62 Å². The van der Waals surface area contributed by atoms with Crippen LogP contribution in [0.15, 0.2) is 11.0 Å². The molecule has 1 fully saturated rings. The Morgan fingerprint density at radius 2 is 1.63 bits per heavy atom. The number of nitrogens with two attached hydrogens (primary N) is 1. The highest BCUT2D eigenvalue weighted by Crippen LogP contribution is 2.31. The number of aryl methyl sites for hydroxylation is 2. The molecule has 1 saturated heterocycles. The molecule has 1 aliphatic rings. The van der Waals surface area contributed by atoms with Crippen LogP contribution < -0.4 is 11.1 Å². The van der Waals surface area contributed by atoms with Gasteiger partial charge in [0.15, 0.2) is 0 Å². The van der Waals surface area contributed by atoms with E-state index in [1.54, 1.807) is 0 Å². The molecule has 0 bridgehead atoms. The molecule has 0 atom stereocenters. The van der Waals surface area contributed by atoms with Crippen LogP contribution in [0.3, 0.4) is 0 Å². The van der Waals surface area contributed by atoms with Crippen molar-refractivity contribution in [2.75, 3.05) is 19.6 Å². The third kappa shape index (κ3) is 4.89. The van der Waals surface area contributed by atoms with Crippen LogP contribution in [0.5, 0.6) is 0 Å². The second kappa shape index (κ2) is 7.89. The highest BCUT2D eigenvalue weighted by Gasteiger charge is 2.34. The van der Waals surface area contributed by atoms with Crippen molar-refractivity contribution < 1.29 is 13.2 Å². The predicted octanol–water partition coefficient (Wildman–Crippen LogP) is 2.17. The van der Waals surface area contributed by atoms with Gasteiger partial charge in [-0.2, -0.15) is 4.31 Å². The van der Waals surface area contributed by atoms with Gasteiger partial charge < -0.3 is 11.1 Å². The number of carbonyl (C=O) groups is 1. The molecule has 0 aliphatic carbocycles. The number of sulfonamides is 1. The maximum Gasteiger partial charge on any atom is 0.243 e. The van der Waals surface area contributed by atoms with Gasteiger partial charge in [0.25, 0.3) is 0 Å². The normalized spacial score (nSPS) is 17.1. The average molecular weight is 396 g/mol. The molecule has 2 rings (SSSR count). The molecule has 0 saturated carbocycles. The third-order valence-corrected chi connectivity index (χ3v) is 7.61. The number of rotatable bonds is 5. The van der Waals surface area contributed by atoms with E-state index in [1.165, 1.54) is 4.31 Å². The van der Waals surface area contributed by atoms with E-state index in [0.29, 0.717) is 37.4 Å². The summed E-state index contributed by atoms with van der Waals surface area (Å²) in [5.74, 6) is -0.204. The minimum atomic E-state index is -3.57. The molecule has 0 radical (unpaired) electrons. The van der Waals surface area contributed by atoms with Gasteiger partial charge in [-0.15, -0.1) is 0 Å². The fourth-order valence-electron chi connectivity index (χ4n) is 3.51. The number of amides is 1. The molecular formula is C20H33N3O3S. The number of piperidine rings is 1. The number of hydrogen-bond donors (Lipinski definition) is 2. The van der Waals surface area contributed by atoms with Crippen LogP contribution in [0.4, 0.5) is 0 Å². The van der Waals surface area contributed by atoms with Gasteiger partial charge in [0.05, 0.1) is 4.90 Å². The molecule has 3 N–H and O–H groups in total. The third-order valence-electron chi connectivity index (χ3n) is 5.44. The Labute approximate surface area is 163 Å². The Hall–Kier alpha value is -1.44. The second-order valence-corrected chi connectivity index (χ2v) is 10.3. The molecule has 0 unspecified atom stereocenters. The Balaban J connectivity index is 2.13. The van der Waals surface area contributed by atoms with E-state index < -0.39 is 15.6 Å². The first kappa shape index (κ1) is 21.9. The molecule has 1 aromatic rings. The average Bonchev–Trinajstić information content (AvgIpc) is 2.57. The standard InChI is InChI=1S/C20H33N3O3S/c1-13-11-14(2)16(4)18(15(13)3)27(25,26)23-9-7-17(8-10-23)19(24)22-12-20(5,6)21/h11,17H,7-10,12,21H2,1-6H3,(H,22,24). The van der Waals surface area contributed by atoms with Crippen LogP contribution in [0.1, 0.15) is 48.9 Å². The van der Waals surface area contributed by atoms with E-state index in [0.717, 1.165) is 22.3 Å². The van der Waals surface area contributed by atoms with Gasteiger partial charge in [-0.3, -0.25) is 4.79 Å². The first-order valence-corrected chi connectivity index (χ1v) is 10.9. The maximum absolute atomic E-state index is 13.3. The number of carbonyl (C=O) groups excluding carboxylic acids is 1. The van der Waals surface area contributed by atoms with Crippen LogP contribution in [-0.2, 0) is 14.8 Å². The largest absolute Gasteiger partial charge is 0.354 e. The lowest BCUT2D eigenvalue weighted by molar-refractivity contribution is -0.126. The molecule has 0 aromatic heterocycles. The number of benzene rings is 1. The van der Waals surface area contributed by atoms with Crippen molar-refractivity contribution in [3.63, 3.8) is 0 Å². The van der Waals surface area contributed by atoms with E-state index in [9.17, 15) is 13.2 Å². The van der Waals surface area contributed by atoms with E-state index >= 15 is 0 Å². The molecule has 6 nitrogen and oxygen atoms in total. The van der Waals surface area contributed by atoms with Crippen LogP contribution in [0, 0.1) is 33.6 Å². The molecule has 1 aromatic carbocycles. The summed E-state index contributed by atoms with van der Waals surface area (Å²) in [7, 11) is -3.57. The Morgan fingerprint density at radius 3 is 2.07 bits per heavy atom. The number of hydrogen-bond acceptors (Lipinski definition) is 4. The summed E-state index contributed by atoms with van der Waals surface area (Å²) in [6.45, 7) is 12.5. The van der Waals surface area contributed by atoms with E-state index in [1.807, 2.05) is 47.6 Å². The van der Waals surface area contributed by atoms with Gasteiger partial charge in [0, 0.05) is 31.1 Å². The molecule has 1 amide bonds. The second-order valence-electron chi connectivity index (χ2n) is 8.47. The molecular weight excluding hydrogens is 362 g/mol. The zero-order valence-electron chi connectivity index (χ0n) is 17.3. The molecule has 27 heavy (non-hydrogen) atoms. The van der Waals surface area contributed by atoms with Gasteiger partial charge in [0.1, 0.15) is 0 Å². The first-order chi connectivity index (χ1) is 12.3. The maximum atomic E-state index is 13.3. The zero-order chi connectivity index (χ0) is 20.6. The minimum Gasteiger partial charge on any atom is -0.354 e. The van der Waals surface area contributed by atoms with Crippen molar-refractivity contribution in [3.05, 3.63) is 28.3 Å². The molecule has 1 aliphatic heterocycles. The van der Waals surface area contributed by atoms with Gasteiger partial charge >= 0.3 is 0 Å². The smallest absolute Gasteiger partial charge is 0.243 e. The lowest BCUT2D eigenvalue weighted by Gasteiger charge is -2.32. The van der Waals surface area contributed by atoms with Gasteiger partial charge in [0.2, 0.25) is 15.9 Å². The summed E-state index contributed by atoms with van der Waals surface area (Å²) in [5, 5.41) is 2.88. The van der Waals surface area contributed by atoms with E-state index in [-0.39, 0.29) is 11.8 Å². The zero-order valence-corrected chi connectivity index (χ0v) is 18.2. The summed E-state index contributed by atoms with van der Waals surface area (Å²) in [6, 6.07) is 2.03. The summed E-state index contributed by atoms with van der Waals surface area (Å²) in [5.41, 5.74) is 9.03. The van der Waals surface area contributed by atoms with Crippen LogP contribution in [-0.4, -0.2) is 43.8 Å². The van der Waals surface area contributed by atoms with Crippen molar-refractivity contribution >= 4 is 15.9 Å². The van der Waals surface area contributed by atoms with E-state index in [2.05, 4.69) is 5.32 Å². The highest BCUT2D eigenvalue weighted by atomic mass is 32.2. The lowest BCUT2D eigenvalue weighted by Crippen LogP contribution is -2.48. The number of nitrogens with zero attached hydrogens (tertiary/aromatic N) is 1. The monoisotopic (exact) mass is 395 g/mol. The number of nitrogens with one attached hydrogen (secondary N) is 1.